The van der Waals surface area contributed by atoms with Crippen LogP contribution in [0.2, 0.25) is 0 Å². The van der Waals surface area contributed by atoms with Crippen molar-refractivity contribution in [2.45, 2.75) is 45.4 Å². The van der Waals surface area contributed by atoms with Crippen molar-refractivity contribution in [3.63, 3.8) is 0 Å². The first kappa shape index (κ1) is 21.6. The van der Waals surface area contributed by atoms with Gasteiger partial charge in [0.05, 0.1) is 10.3 Å². The van der Waals surface area contributed by atoms with Crippen LogP contribution in [-0.2, 0) is 14.9 Å². The van der Waals surface area contributed by atoms with E-state index >= 15 is 0 Å². The molecule has 0 bridgehead atoms. The first-order chi connectivity index (χ1) is 9.59. The van der Waals surface area contributed by atoms with Gasteiger partial charge in [-0.25, -0.2) is 0 Å². The fourth-order valence-electron chi connectivity index (χ4n) is 1.93. The Labute approximate surface area is 156 Å². The Balaban J connectivity index is 0. The monoisotopic (exact) mass is 338 g/mol. The van der Waals surface area contributed by atoms with Crippen LogP contribution in [0.3, 0.4) is 0 Å². The van der Waals surface area contributed by atoms with E-state index in [0.717, 1.165) is 18.9 Å². The van der Waals surface area contributed by atoms with E-state index < -0.39 is 21.5 Å². The summed E-state index contributed by atoms with van der Waals surface area (Å²) in [7, 11) is -4.31. The third-order valence-electron chi connectivity index (χ3n) is 3.79. The standard InChI is InChI=1S/C15H22O5S.Na.H/c1-5-7-11(2)15(3,4)14(16)20-12-8-6-9-13(10-12)21(17,18)19;;/h6,8-11H,5,7H2,1-4H3,(H,17,18,19);;/q;+1;-1. The molecule has 1 rings (SSSR count). The molecule has 1 N–H and O–H groups in total. The molecular weight excluding hydrogens is 315 g/mol. The van der Waals surface area contributed by atoms with Gasteiger partial charge in [0, 0.05) is 6.07 Å². The van der Waals surface area contributed by atoms with Crippen LogP contribution in [0.15, 0.2) is 29.2 Å². The van der Waals surface area contributed by atoms with Gasteiger partial charge in [-0.15, -0.1) is 0 Å². The van der Waals surface area contributed by atoms with Gasteiger partial charge in [0.2, 0.25) is 0 Å². The van der Waals surface area contributed by atoms with E-state index in [2.05, 4.69) is 0 Å². The van der Waals surface area contributed by atoms with E-state index in [1.807, 2.05) is 27.7 Å². The van der Waals surface area contributed by atoms with Gasteiger partial charge in [-0.2, -0.15) is 8.42 Å². The van der Waals surface area contributed by atoms with Gasteiger partial charge in [0.25, 0.3) is 10.1 Å². The van der Waals surface area contributed by atoms with Gasteiger partial charge in [-0.05, 0) is 38.3 Å². The molecule has 0 heterocycles. The molecule has 0 aromatic heterocycles. The Hall–Kier alpha value is -0.400. The van der Waals surface area contributed by atoms with Crippen LogP contribution in [0, 0.1) is 11.3 Å². The minimum atomic E-state index is -4.31. The first-order valence-corrected chi connectivity index (χ1v) is 8.33. The average Bonchev–Trinajstić information content (AvgIpc) is 2.38. The van der Waals surface area contributed by atoms with Crippen molar-refractivity contribution < 1.29 is 53.5 Å². The zero-order valence-electron chi connectivity index (χ0n) is 14.8. The largest absolute Gasteiger partial charge is 1.00 e. The third-order valence-corrected chi connectivity index (χ3v) is 4.64. The van der Waals surface area contributed by atoms with Crippen LogP contribution in [-0.4, -0.2) is 18.9 Å². The van der Waals surface area contributed by atoms with Gasteiger partial charge in [-0.1, -0.05) is 26.3 Å². The molecule has 0 aliphatic rings. The second-order valence-corrected chi connectivity index (χ2v) is 7.17. The van der Waals surface area contributed by atoms with E-state index in [1.165, 1.54) is 18.2 Å². The smallest absolute Gasteiger partial charge is 1.00 e. The molecule has 0 saturated heterocycles. The predicted molar refractivity (Wildman–Crippen MR) is 80.9 cm³/mol. The maximum atomic E-state index is 12.3. The number of hydrogen-bond donors (Lipinski definition) is 1. The third kappa shape index (κ3) is 5.66. The number of carbonyl (C=O) groups is 1. The molecule has 120 valence electrons. The molecule has 22 heavy (non-hydrogen) atoms. The molecule has 5 nitrogen and oxygen atoms in total. The summed E-state index contributed by atoms with van der Waals surface area (Å²) in [5, 5.41) is 0. The molecule has 0 saturated carbocycles. The molecule has 1 atom stereocenters. The number of carbonyl (C=O) groups excluding carboxylic acids is 1. The molecular formula is C15H23NaO5S. The fraction of sp³-hybridized carbons (Fsp3) is 0.533. The number of hydrogen-bond acceptors (Lipinski definition) is 4. The number of rotatable bonds is 6. The topological polar surface area (TPSA) is 80.7 Å². The van der Waals surface area contributed by atoms with Crippen LogP contribution in [0.1, 0.15) is 42.0 Å². The van der Waals surface area contributed by atoms with Crippen LogP contribution in [0.25, 0.3) is 0 Å². The van der Waals surface area contributed by atoms with Crippen LogP contribution >= 0.6 is 0 Å². The van der Waals surface area contributed by atoms with Crippen LogP contribution in [0.5, 0.6) is 5.75 Å². The van der Waals surface area contributed by atoms with Gasteiger partial charge in [0.1, 0.15) is 5.75 Å². The van der Waals surface area contributed by atoms with Crippen molar-refractivity contribution in [3.05, 3.63) is 24.3 Å². The van der Waals surface area contributed by atoms with Crippen molar-refractivity contribution in [1.29, 1.82) is 0 Å². The van der Waals surface area contributed by atoms with E-state index in [1.54, 1.807) is 0 Å². The van der Waals surface area contributed by atoms with E-state index in [9.17, 15) is 13.2 Å². The van der Waals surface area contributed by atoms with Crippen molar-refractivity contribution in [3.8, 4) is 5.75 Å². The molecule has 0 amide bonds. The Morgan fingerprint density at radius 2 is 2.00 bits per heavy atom. The molecule has 7 heteroatoms. The van der Waals surface area contributed by atoms with Crippen molar-refractivity contribution in [2.75, 3.05) is 0 Å². The summed E-state index contributed by atoms with van der Waals surface area (Å²) in [6, 6.07) is 5.26. The number of benzene rings is 1. The molecule has 0 radical (unpaired) electrons. The summed E-state index contributed by atoms with van der Waals surface area (Å²) in [5.74, 6) is -0.178. The Kier molecular flexibility index (Phi) is 8.30. The molecule has 1 aromatic rings. The molecule has 0 fully saturated rings. The summed E-state index contributed by atoms with van der Waals surface area (Å²) in [6.07, 6.45) is 1.86. The van der Waals surface area contributed by atoms with Crippen LogP contribution in [0.4, 0.5) is 0 Å². The summed E-state index contributed by atoms with van der Waals surface area (Å²) < 4.78 is 36.4. The number of ether oxygens (including phenoxy) is 1. The second-order valence-electron chi connectivity index (χ2n) is 5.75. The van der Waals surface area contributed by atoms with Crippen molar-refractivity contribution >= 4 is 16.1 Å². The minimum Gasteiger partial charge on any atom is -1.00 e. The number of esters is 1. The summed E-state index contributed by atoms with van der Waals surface area (Å²) in [6.45, 7) is 7.65. The quantitative estimate of drug-likeness (QED) is 0.352. The maximum Gasteiger partial charge on any atom is 1.00 e. The zero-order valence-corrected chi connectivity index (χ0v) is 16.6. The van der Waals surface area contributed by atoms with Crippen molar-refractivity contribution in [1.82, 2.24) is 0 Å². The van der Waals surface area contributed by atoms with E-state index in [-0.39, 0.29) is 47.5 Å². The maximum absolute atomic E-state index is 12.3. The zero-order chi connectivity index (χ0) is 16.3. The first-order valence-electron chi connectivity index (χ1n) is 6.89. The molecule has 0 aliphatic heterocycles. The Morgan fingerprint density at radius 1 is 1.41 bits per heavy atom. The molecule has 0 spiro atoms. The fourth-order valence-corrected chi connectivity index (χ4v) is 2.45. The average molecular weight is 338 g/mol. The van der Waals surface area contributed by atoms with Gasteiger partial charge < -0.3 is 6.16 Å². The second kappa shape index (κ2) is 8.45. The summed E-state index contributed by atoms with van der Waals surface area (Å²) in [5.41, 5.74) is -0.676. The predicted octanol–water partition coefficient (Wildman–Crippen LogP) is 0.418. The van der Waals surface area contributed by atoms with Crippen molar-refractivity contribution in [2.24, 2.45) is 11.3 Å². The van der Waals surface area contributed by atoms with Gasteiger partial charge in [-0.3, -0.25) is 9.35 Å². The normalized spacial score (nSPS) is 13.1. The van der Waals surface area contributed by atoms with E-state index in [0.29, 0.717) is 0 Å². The molecule has 0 aliphatic carbocycles. The molecule has 1 aromatic carbocycles. The summed E-state index contributed by atoms with van der Waals surface area (Å²) in [4.78, 5) is 12.0. The van der Waals surface area contributed by atoms with Gasteiger partial charge in [0.15, 0.2) is 0 Å². The van der Waals surface area contributed by atoms with E-state index in [4.69, 9.17) is 9.29 Å². The Bertz CT molecular complexity index is 616. The Morgan fingerprint density at radius 3 is 2.50 bits per heavy atom. The molecule has 1 unspecified atom stereocenters. The van der Waals surface area contributed by atoms with Gasteiger partial charge >= 0.3 is 35.5 Å². The summed E-state index contributed by atoms with van der Waals surface area (Å²) >= 11 is 0. The minimum absolute atomic E-state index is 0. The SMILES string of the molecule is CCCC(C)C(C)(C)C(=O)Oc1cccc(S(=O)(=O)O)c1.[H-].[Na+]. The van der Waals surface area contributed by atoms with Crippen LogP contribution < -0.4 is 34.3 Å².